The molecule has 102 valence electrons. The molecular weight excluding hydrogens is 274 g/mol. The number of nitriles is 1. The fraction of sp³-hybridized carbons (Fsp3) is 0.200. The van der Waals surface area contributed by atoms with Crippen LogP contribution in [-0.4, -0.2) is 10.8 Å². The van der Waals surface area contributed by atoms with Gasteiger partial charge in [-0.1, -0.05) is 12.1 Å². The van der Waals surface area contributed by atoms with Crippen LogP contribution in [0.5, 0.6) is 0 Å². The Labute approximate surface area is 124 Å². The second kappa shape index (κ2) is 8.03. The fourth-order valence-corrected chi connectivity index (χ4v) is 1.82. The number of rotatable bonds is 5. The van der Waals surface area contributed by atoms with Crippen molar-refractivity contribution >= 4 is 5.78 Å². The molecule has 4 nitrogen and oxygen atoms in total. The average Bonchev–Trinajstić information content (AvgIpc) is 2.48. The van der Waals surface area contributed by atoms with Crippen molar-refractivity contribution in [3.05, 3.63) is 60.7 Å². The van der Waals surface area contributed by atoms with Gasteiger partial charge in [0.1, 0.15) is 5.92 Å². The summed E-state index contributed by atoms with van der Waals surface area (Å²) in [7, 11) is 0. The number of aromatic nitrogens is 2. The highest BCUT2D eigenvalue weighted by molar-refractivity contribution is 5.87. The molecule has 0 aromatic carbocycles. The molecule has 0 amide bonds. The summed E-state index contributed by atoms with van der Waals surface area (Å²) < 4.78 is 1.92. The molecule has 0 aliphatic heterocycles. The van der Waals surface area contributed by atoms with Crippen molar-refractivity contribution in [1.29, 1.82) is 5.26 Å². The van der Waals surface area contributed by atoms with Gasteiger partial charge in [-0.25, -0.2) is 4.57 Å². The Morgan fingerprint density at radius 2 is 2.00 bits per heavy atom. The standard InChI is InChI=1S/C15H14N3O.ClH/c16-12-13(14-6-2-3-8-17-14)15(19)7-11-18-9-4-1-5-10-18;/h1-6,8-10,13H,7,11H2;1H/q+1;/p-1. The third-order valence-corrected chi connectivity index (χ3v) is 2.83. The molecule has 1 atom stereocenters. The van der Waals surface area contributed by atoms with Gasteiger partial charge < -0.3 is 12.4 Å². The first-order valence-corrected chi connectivity index (χ1v) is 6.08. The van der Waals surface area contributed by atoms with Crippen LogP contribution in [0.15, 0.2) is 55.0 Å². The lowest BCUT2D eigenvalue weighted by molar-refractivity contribution is -0.695. The van der Waals surface area contributed by atoms with E-state index in [9.17, 15) is 4.79 Å². The van der Waals surface area contributed by atoms with Crippen molar-refractivity contribution in [2.75, 3.05) is 0 Å². The smallest absolute Gasteiger partial charge is 0.168 e. The van der Waals surface area contributed by atoms with Crippen molar-refractivity contribution in [1.82, 2.24) is 4.98 Å². The molecule has 0 radical (unpaired) electrons. The molecule has 2 aromatic heterocycles. The number of halogens is 1. The van der Waals surface area contributed by atoms with E-state index in [1.54, 1.807) is 24.4 Å². The molecule has 0 aliphatic carbocycles. The predicted molar refractivity (Wildman–Crippen MR) is 68.9 cm³/mol. The number of aryl methyl sites for hydroxylation is 1. The summed E-state index contributed by atoms with van der Waals surface area (Å²) in [6, 6.07) is 13.0. The van der Waals surface area contributed by atoms with Crippen molar-refractivity contribution in [2.45, 2.75) is 18.9 Å². The summed E-state index contributed by atoms with van der Waals surface area (Å²) >= 11 is 0. The maximum Gasteiger partial charge on any atom is 0.168 e. The molecule has 0 aliphatic rings. The van der Waals surface area contributed by atoms with Crippen LogP contribution < -0.4 is 17.0 Å². The third-order valence-electron chi connectivity index (χ3n) is 2.83. The second-order valence-electron chi connectivity index (χ2n) is 4.15. The summed E-state index contributed by atoms with van der Waals surface area (Å²) in [4.78, 5) is 16.1. The van der Waals surface area contributed by atoms with Crippen molar-refractivity contribution in [3.8, 4) is 6.07 Å². The van der Waals surface area contributed by atoms with Crippen LogP contribution in [0, 0.1) is 11.3 Å². The van der Waals surface area contributed by atoms with Gasteiger partial charge in [-0.15, -0.1) is 0 Å². The normalized spacial score (nSPS) is 10.9. The van der Waals surface area contributed by atoms with Gasteiger partial charge in [-0.05, 0) is 12.1 Å². The Bertz CT molecular complexity index is 581. The maximum atomic E-state index is 12.1. The van der Waals surface area contributed by atoms with Crippen LogP contribution in [0.3, 0.4) is 0 Å². The molecule has 0 N–H and O–H groups in total. The van der Waals surface area contributed by atoms with Crippen LogP contribution >= 0.6 is 0 Å². The van der Waals surface area contributed by atoms with Gasteiger partial charge in [0.2, 0.25) is 0 Å². The molecule has 1 unspecified atom stereocenters. The SMILES string of the molecule is N#CC(C(=O)CC[n+]1ccccc1)c1ccccn1.[Cl-]. The second-order valence-corrected chi connectivity index (χ2v) is 4.15. The number of pyridine rings is 2. The lowest BCUT2D eigenvalue weighted by Crippen LogP contribution is -3.00. The minimum atomic E-state index is -0.773. The third kappa shape index (κ3) is 4.15. The molecule has 2 rings (SSSR count). The number of nitrogens with zero attached hydrogens (tertiary/aromatic N) is 3. The molecule has 0 fully saturated rings. The van der Waals surface area contributed by atoms with E-state index in [4.69, 9.17) is 5.26 Å². The molecule has 0 saturated heterocycles. The van der Waals surface area contributed by atoms with E-state index in [1.807, 2.05) is 41.2 Å². The summed E-state index contributed by atoms with van der Waals surface area (Å²) in [6.45, 7) is 0.574. The van der Waals surface area contributed by atoms with Gasteiger partial charge in [-0.3, -0.25) is 9.78 Å². The summed E-state index contributed by atoms with van der Waals surface area (Å²) in [5.41, 5.74) is 0.521. The van der Waals surface area contributed by atoms with E-state index >= 15 is 0 Å². The van der Waals surface area contributed by atoms with E-state index in [0.717, 1.165) is 0 Å². The van der Waals surface area contributed by atoms with Crippen LogP contribution in [0.25, 0.3) is 0 Å². The molecule has 0 saturated carbocycles. The summed E-state index contributed by atoms with van der Waals surface area (Å²) in [6.07, 6.45) is 5.72. The Kier molecular flexibility index (Phi) is 6.34. The van der Waals surface area contributed by atoms with Crippen LogP contribution in [0.4, 0.5) is 0 Å². The summed E-state index contributed by atoms with van der Waals surface area (Å²) in [5, 5.41) is 9.13. The van der Waals surface area contributed by atoms with Crippen LogP contribution in [-0.2, 0) is 11.3 Å². The highest BCUT2D eigenvalue weighted by atomic mass is 35.5. The Balaban J connectivity index is 0.00000200. The molecular formula is C15H14ClN3O. The first-order chi connectivity index (χ1) is 9.31. The minimum absolute atomic E-state index is 0. The lowest BCUT2D eigenvalue weighted by atomic mass is 9.99. The van der Waals surface area contributed by atoms with Gasteiger partial charge in [0.05, 0.1) is 18.2 Å². The number of carbonyl (C=O) groups excluding carboxylic acids is 1. The highest BCUT2D eigenvalue weighted by Crippen LogP contribution is 2.14. The Hall–Kier alpha value is -2.25. The zero-order valence-electron chi connectivity index (χ0n) is 10.8. The van der Waals surface area contributed by atoms with E-state index in [2.05, 4.69) is 4.98 Å². The van der Waals surface area contributed by atoms with Crippen molar-refractivity contribution < 1.29 is 21.8 Å². The maximum absolute atomic E-state index is 12.1. The van der Waals surface area contributed by atoms with E-state index in [0.29, 0.717) is 18.7 Å². The van der Waals surface area contributed by atoms with Crippen molar-refractivity contribution in [2.24, 2.45) is 0 Å². The first-order valence-electron chi connectivity index (χ1n) is 6.08. The van der Waals surface area contributed by atoms with E-state index < -0.39 is 5.92 Å². The van der Waals surface area contributed by atoms with E-state index in [-0.39, 0.29) is 18.2 Å². The number of ketones is 1. The quantitative estimate of drug-likeness (QED) is 0.638. The Morgan fingerprint density at radius 1 is 1.25 bits per heavy atom. The number of hydrogen-bond acceptors (Lipinski definition) is 3. The average molecular weight is 288 g/mol. The molecule has 2 aromatic rings. The largest absolute Gasteiger partial charge is 1.00 e. The molecule has 0 spiro atoms. The Morgan fingerprint density at radius 3 is 2.60 bits per heavy atom. The van der Waals surface area contributed by atoms with Crippen molar-refractivity contribution in [3.63, 3.8) is 0 Å². The van der Waals surface area contributed by atoms with Gasteiger partial charge in [0, 0.05) is 18.3 Å². The zero-order chi connectivity index (χ0) is 13.5. The minimum Gasteiger partial charge on any atom is -1.00 e. The summed E-state index contributed by atoms with van der Waals surface area (Å²) in [5.74, 6) is -0.872. The fourth-order valence-electron chi connectivity index (χ4n) is 1.82. The van der Waals surface area contributed by atoms with Gasteiger partial charge in [-0.2, -0.15) is 5.26 Å². The van der Waals surface area contributed by atoms with Gasteiger partial charge in [0.15, 0.2) is 24.7 Å². The molecule has 2 heterocycles. The van der Waals surface area contributed by atoms with E-state index in [1.165, 1.54) is 0 Å². The monoisotopic (exact) mass is 287 g/mol. The number of Topliss-reactive ketones (excluding diaryl/α,β-unsaturated/α-hetero) is 1. The number of carbonyl (C=O) groups is 1. The van der Waals surface area contributed by atoms with Crippen LogP contribution in [0.1, 0.15) is 18.0 Å². The highest BCUT2D eigenvalue weighted by Gasteiger charge is 2.21. The number of hydrogen-bond donors (Lipinski definition) is 0. The zero-order valence-corrected chi connectivity index (χ0v) is 11.6. The van der Waals surface area contributed by atoms with Gasteiger partial charge >= 0.3 is 0 Å². The molecule has 5 heteroatoms. The predicted octanol–water partition coefficient (Wildman–Crippen LogP) is -1.36. The first kappa shape index (κ1) is 15.8. The molecule has 20 heavy (non-hydrogen) atoms. The van der Waals surface area contributed by atoms with Crippen LogP contribution in [0.2, 0.25) is 0 Å². The topological polar surface area (TPSA) is 57.6 Å². The van der Waals surface area contributed by atoms with Gasteiger partial charge in [0.25, 0.3) is 0 Å². The lowest BCUT2D eigenvalue weighted by Gasteiger charge is -2.05. The molecule has 0 bridgehead atoms.